The van der Waals surface area contributed by atoms with Gasteiger partial charge in [-0.2, -0.15) is 0 Å². The van der Waals surface area contributed by atoms with Gasteiger partial charge in [-0.25, -0.2) is 0 Å². The van der Waals surface area contributed by atoms with E-state index in [1.165, 1.54) is 0 Å². The summed E-state index contributed by atoms with van der Waals surface area (Å²) < 4.78 is 5.03. The number of rotatable bonds is 6. The molecule has 0 aliphatic heterocycles. The molecule has 132 valence electrons. The molecule has 0 amide bonds. The predicted molar refractivity (Wildman–Crippen MR) is 76.6 cm³/mol. The minimum Gasteiger partial charge on any atom is -0.257 e. The van der Waals surface area contributed by atoms with E-state index >= 15 is 0 Å². The van der Waals surface area contributed by atoms with E-state index in [2.05, 4.69) is 19.3 Å². The van der Waals surface area contributed by atoms with Crippen molar-refractivity contribution in [1.29, 1.82) is 0 Å². The summed E-state index contributed by atoms with van der Waals surface area (Å²) in [6.07, 6.45) is 0. The molecule has 0 saturated heterocycles. The lowest BCUT2D eigenvalue weighted by Gasteiger charge is -2.08. The molecule has 16 nitrogen and oxygen atoms in total. The Balaban J connectivity index is 6.11. The molecule has 0 aromatic carbocycles. The monoisotopic (exact) mass is 428 g/mol. The van der Waals surface area contributed by atoms with Crippen molar-refractivity contribution in [2.45, 2.75) is 10.2 Å². The second-order valence-electron chi connectivity index (χ2n) is 3.22. The van der Waals surface area contributed by atoms with Gasteiger partial charge in [0.1, 0.15) is 19.7 Å². The maximum absolute atomic E-state index is 10.7. The molecule has 0 bridgehead atoms. The van der Waals surface area contributed by atoms with Crippen molar-refractivity contribution in [3.05, 3.63) is 40.5 Å². The highest BCUT2D eigenvalue weighted by Gasteiger charge is 2.64. The minimum atomic E-state index is -3.75. The van der Waals surface area contributed by atoms with Crippen molar-refractivity contribution in [2.24, 2.45) is 19.3 Å². The normalized spacial score (nSPS) is 13.8. The fourth-order valence-corrected chi connectivity index (χ4v) is 1.37. The molecule has 0 spiro atoms. The highest BCUT2D eigenvalue weighted by molar-refractivity contribution is 6.37. The summed E-state index contributed by atoms with van der Waals surface area (Å²) in [6.45, 7) is 0. The maximum Gasteiger partial charge on any atom is 0.600 e. The van der Waals surface area contributed by atoms with Gasteiger partial charge in [-0.05, 0) is 0 Å². The van der Waals surface area contributed by atoms with Crippen LogP contribution in [-0.2, 0) is 0 Å². The first-order chi connectivity index (χ1) is 10.9. The Hall–Kier alpha value is -2.30. The Morgan fingerprint density at radius 1 is 0.667 bits per heavy atom. The minimum absolute atomic E-state index is 1.62. The Morgan fingerprint density at radius 2 is 0.875 bits per heavy atom. The first-order valence-corrected chi connectivity index (χ1v) is 6.10. The summed E-state index contributed by atoms with van der Waals surface area (Å²) in [7, 11) is 0. The van der Waals surface area contributed by atoms with Gasteiger partial charge in [0.05, 0.1) is 23.2 Å². The maximum atomic E-state index is 10.7. The number of nitrogens with zero attached hydrogens (tertiary/aromatic N) is 8. The lowest BCUT2D eigenvalue weighted by molar-refractivity contribution is -0.743. The smallest absolute Gasteiger partial charge is 0.257 e. The van der Waals surface area contributed by atoms with Crippen LogP contribution < -0.4 is 0 Å². The van der Waals surface area contributed by atoms with E-state index in [4.69, 9.17) is 46.8 Å². The molecule has 0 aromatic heterocycles. The van der Waals surface area contributed by atoms with Crippen LogP contribution >= 0.6 is 46.8 Å². The average molecular weight is 430 g/mol. The molecule has 0 saturated carbocycles. The van der Waals surface area contributed by atoms with Crippen molar-refractivity contribution in [2.75, 3.05) is 0 Å². The second-order valence-corrected chi connectivity index (χ2v) is 4.61. The quantitative estimate of drug-likeness (QED) is 0.0874. The van der Waals surface area contributed by atoms with E-state index in [-0.39, 0.29) is 0 Å². The molecule has 0 N–H and O–H groups in total. The lowest BCUT2D eigenvalue weighted by atomic mass is 10.4. The summed E-state index contributed by atoms with van der Waals surface area (Å²) >= 11 is 19.9. The number of hydrogen-bond acceptors (Lipinski definition) is 10. The van der Waals surface area contributed by atoms with Crippen molar-refractivity contribution in [3.63, 3.8) is 0 Å². The number of alkyl halides is 2. The zero-order valence-electron chi connectivity index (χ0n) is 10.4. The molecule has 0 heterocycles. The Morgan fingerprint density at radius 3 is 1.00 bits per heavy atom. The van der Waals surface area contributed by atoms with Gasteiger partial charge in [-0.15, -0.1) is 19.3 Å². The largest absolute Gasteiger partial charge is 0.600 e. The van der Waals surface area contributed by atoms with Gasteiger partial charge in [0.25, 0.3) is 0 Å². The van der Waals surface area contributed by atoms with Crippen LogP contribution in [0.4, 0.5) is 0 Å². The van der Waals surface area contributed by atoms with Crippen LogP contribution in [0.3, 0.4) is 0 Å². The molecule has 0 unspecified atom stereocenters. The molecule has 0 aromatic rings. The highest BCUT2D eigenvalue weighted by Crippen LogP contribution is 2.24. The number of hydrogen-bond donors (Lipinski definition) is 0. The van der Waals surface area contributed by atoms with Crippen LogP contribution in [0.1, 0.15) is 0 Å². The van der Waals surface area contributed by atoms with E-state index in [1.54, 1.807) is 0 Å². The molecule has 0 radical (unpaired) electrons. The molecular formula is C4Cl4N8O8. The van der Waals surface area contributed by atoms with Crippen LogP contribution in [0, 0.1) is 40.5 Å². The number of halogens is 4. The highest BCUT2D eigenvalue weighted by atomic mass is 35.5. The van der Waals surface area contributed by atoms with Crippen molar-refractivity contribution in [3.8, 4) is 0 Å². The molecule has 0 atom stereocenters. The molecule has 0 fully saturated rings. The third kappa shape index (κ3) is 3.78. The molecule has 0 aliphatic carbocycles. The van der Waals surface area contributed by atoms with E-state index in [0.29, 0.717) is 0 Å². The standard InChI is InChI=1S/C4Cl4N8O8/c5-3(13(17)18,14(19)20)1(9-7)11-12-2(10-8)4(6,15(21)22)16(23)24/b9-1+,10-2+,12-11-. The van der Waals surface area contributed by atoms with E-state index in [1.807, 2.05) is 0 Å². The molecular weight excluding hydrogens is 430 g/mol. The van der Waals surface area contributed by atoms with E-state index in [0.717, 1.165) is 0 Å². The summed E-state index contributed by atoms with van der Waals surface area (Å²) in [5.74, 6) is -3.24. The van der Waals surface area contributed by atoms with Crippen molar-refractivity contribution in [1.82, 2.24) is 0 Å². The first kappa shape index (κ1) is 21.7. The molecule has 0 rings (SSSR count). The van der Waals surface area contributed by atoms with Crippen LogP contribution in [0.2, 0.25) is 0 Å². The lowest BCUT2D eigenvalue weighted by Crippen LogP contribution is -2.48. The van der Waals surface area contributed by atoms with Gasteiger partial charge in [0.2, 0.25) is 0 Å². The average Bonchev–Trinajstić information content (AvgIpc) is 2.49. The number of nitro groups is 4. The summed E-state index contributed by atoms with van der Waals surface area (Å²) in [4.78, 5) is 36.0. The Labute approximate surface area is 148 Å². The molecule has 24 heavy (non-hydrogen) atoms. The number of azo groups is 1. The van der Waals surface area contributed by atoms with E-state index < -0.39 is 41.6 Å². The van der Waals surface area contributed by atoms with Crippen LogP contribution in [0.15, 0.2) is 19.3 Å². The van der Waals surface area contributed by atoms with Crippen molar-refractivity contribution >= 4 is 58.4 Å². The van der Waals surface area contributed by atoms with Gasteiger partial charge in [0, 0.05) is 23.6 Å². The van der Waals surface area contributed by atoms with E-state index in [9.17, 15) is 40.5 Å². The molecule has 0 aliphatic rings. The second kappa shape index (κ2) is 7.99. The number of amidine groups is 2. The third-order valence-corrected chi connectivity index (χ3v) is 3.15. The summed E-state index contributed by atoms with van der Waals surface area (Å²) in [5.41, 5.74) is 0. The van der Waals surface area contributed by atoms with Gasteiger partial charge in [-0.3, -0.25) is 40.5 Å². The van der Waals surface area contributed by atoms with Gasteiger partial charge in [-0.1, -0.05) is 0 Å². The predicted octanol–water partition coefficient (Wildman–Crippen LogP) is 1.44. The third-order valence-electron chi connectivity index (χ3n) is 1.94. The van der Waals surface area contributed by atoms with Crippen molar-refractivity contribution < 1.29 is 19.7 Å². The summed E-state index contributed by atoms with van der Waals surface area (Å²) in [5, 5.41) is 40.6. The Bertz CT molecular complexity index is 591. The zero-order chi connectivity index (χ0) is 19.3. The fraction of sp³-hybridized carbons (Fsp3) is 0.500. The van der Waals surface area contributed by atoms with Gasteiger partial charge in [0.15, 0.2) is 0 Å². The van der Waals surface area contributed by atoms with Crippen LogP contribution in [0.5, 0.6) is 0 Å². The van der Waals surface area contributed by atoms with Crippen LogP contribution in [0.25, 0.3) is 0 Å². The Kier molecular flexibility index (Phi) is 7.23. The topological polar surface area (TPSA) is 222 Å². The molecule has 20 heteroatoms. The zero-order valence-corrected chi connectivity index (χ0v) is 13.4. The van der Waals surface area contributed by atoms with Crippen LogP contribution in [-0.4, -0.2) is 41.6 Å². The SMILES string of the molecule is O=[N+]([O-])C(Cl)(C(/N=N\C(=N\Cl)C(Cl)([N+](=O)[O-])[N+](=O)[O-])=N\Cl)[N+](=O)[O-]. The first-order valence-electron chi connectivity index (χ1n) is 4.67. The summed E-state index contributed by atoms with van der Waals surface area (Å²) in [6, 6.07) is 0. The van der Waals surface area contributed by atoms with Gasteiger partial charge < -0.3 is 0 Å². The fourth-order valence-electron chi connectivity index (χ4n) is 0.823. The van der Waals surface area contributed by atoms with Gasteiger partial charge >= 0.3 is 21.9 Å².